The Morgan fingerprint density at radius 3 is 2.60 bits per heavy atom. The monoisotopic (exact) mass is 406 g/mol. The lowest BCUT2D eigenvalue weighted by atomic mass is 9.97. The van der Waals surface area contributed by atoms with Crippen molar-refractivity contribution in [2.24, 2.45) is 0 Å². The van der Waals surface area contributed by atoms with Crippen molar-refractivity contribution in [3.05, 3.63) is 59.8 Å². The molecule has 0 spiro atoms. The number of nitrogens with one attached hydrogen (secondary N) is 1. The summed E-state index contributed by atoms with van der Waals surface area (Å²) in [6.07, 6.45) is 11.0. The summed E-state index contributed by atoms with van der Waals surface area (Å²) in [5.74, 6) is 0.952. The van der Waals surface area contributed by atoms with Crippen LogP contribution in [0.15, 0.2) is 54.2 Å². The number of piperidine rings is 1. The maximum atomic E-state index is 12.7. The topological polar surface area (TPSA) is 67.2 Å². The molecule has 1 fully saturated rings. The van der Waals surface area contributed by atoms with Gasteiger partial charge in [0.25, 0.3) is 0 Å². The van der Waals surface area contributed by atoms with Crippen molar-refractivity contribution < 1.29 is 9.59 Å². The Kier molecular flexibility index (Phi) is 6.62. The average molecular weight is 407 g/mol. The van der Waals surface area contributed by atoms with Crippen LogP contribution in [0.2, 0.25) is 0 Å². The van der Waals surface area contributed by atoms with Crippen LogP contribution in [0.3, 0.4) is 0 Å². The zero-order chi connectivity index (χ0) is 20.8. The molecular formula is C24H30N4O2. The molecule has 1 aliphatic heterocycles. The number of rotatable bonds is 6. The third-order valence-corrected chi connectivity index (χ3v) is 6.08. The molecule has 2 aromatic rings. The van der Waals surface area contributed by atoms with Gasteiger partial charge in [-0.2, -0.15) is 5.10 Å². The van der Waals surface area contributed by atoms with Crippen LogP contribution in [0.25, 0.3) is 0 Å². The first-order valence-electron chi connectivity index (χ1n) is 11.1. The quantitative estimate of drug-likeness (QED) is 0.785. The van der Waals surface area contributed by atoms with Crippen LogP contribution >= 0.6 is 0 Å². The van der Waals surface area contributed by atoms with Crippen LogP contribution in [-0.4, -0.2) is 39.6 Å². The van der Waals surface area contributed by atoms with Gasteiger partial charge in [-0.05, 0) is 50.5 Å². The molecule has 158 valence electrons. The van der Waals surface area contributed by atoms with E-state index in [1.807, 2.05) is 46.0 Å². The lowest BCUT2D eigenvalue weighted by molar-refractivity contribution is -0.128. The van der Waals surface area contributed by atoms with Gasteiger partial charge in [-0.1, -0.05) is 36.4 Å². The minimum atomic E-state index is -0.00236. The molecule has 0 bridgehead atoms. The minimum absolute atomic E-state index is 0.00236. The van der Waals surface area contributed by atoms with Crippen molar-refractivity contribution in [1.82, 2.24) is 14.7 Å². The summed E-state index contributed by atoms with van der Waals surface area (Å²) in [7, 11) is 0. The molecule has 1 N–H and O–H groups in total. The van der Waals surface area contributed by atoms with Gasteiger partial charge in [-0.25, -0.2) is 4.68 Å². The maximum absolute atomic E-state index is 12.7. The van der Waals surface area contributed by atoms with Crippen molar-refractivity contribution in [3.8, 4) is 0 Å². The lowest BCUT2D eigenvalue weighted by Gasteiger charge is -2.33. The number of aromatic nitrogens is 2. The molecule has 4 rings (SSSR count). The van der Waals surface area contributed by atoms with Crippen LogP contribution in [0, 0.1) is 0 Å². The number of likely N-dealkylation sites (tertiary alicyclic amines) is 1. The predicted octanol–water partition coefficient (Wildman–Crippen LogP) is 4.12. The van der Waals surface area contributed by atoms with E-state index in [1.54, 1.807) is 6.20 Å². The summed E-state index contributed by atoms with van der Waals surface area (Å²) in [6.45, 7) is 1.48. The van der Waals surface area contributed by atoms with E-state index in [4.69, 9.17) is 0 Å². The highest BCUT2D eigenvalue weighted by atomic mass is 16.2. The number of carbonyl (C=O) groups is 2. The van der Waals surface area contributed by atoms with Crippen molar-refractivity contribution in [2.45, 2.75) is 57.4 Å². The molecule has 2 aliphatic rings. The molecule has 1 saturated heterocycles. The van der Waals surface area contributed by atoms with Gasteiger partial charge < -0.3 is 10.2 Å². The molecule has 0 unspecified atom stereocenters. The van der Waals surface area contributed by atoms with E-state index in [2.05, 4.69) is 16.5 Å². The number of allylic oxidation sites excluding steroid dienone is 1. The Bertz CT molecular complexity index is 895. The van der Waals surface area contributed by atoms with Crippen molar-refractivity contribution >= 4 is 17.6 Å². The van der Waals surface area contributed by atoms with Gasteiger partial charge >= 0.3 is 0 Å². The van der Waals surface area contributed by atoms with E-state index in [1.165, 1.54) is 6.42 Å². The highest BCUT2D eigenvalue weighted by molar-refractivity contribution is 5.93. The molecule has 0 atom stereocenters. The van der Waals surface area contributed by atoms with Gasteiger partial charge in [-0.3, -0.25) is 9.59 Å². The second-order valence-corrected chi connectivity index (χ2v) is 8.19. The van der Waals surface area contributed by atoms with Crippen molar-refractivity contribution in [2.75, 3.05) is 18.4 Å². The van der Waals surface area contributed by atoms with Crippen LogP contribution in [-0.2, 0) is 16.0 Å². The zero-order valence-electron chi connectivity index (χ0n) is 17.4. The molecular weight excluding hydrogens is 376 g/mol. The first kappa shape index (κ1) is 20.4. The number of aryl methyl sites for hydroxylation is 1. The van der Waals surface area contributed by atoms with E-state index in [0.717, 1.165) is 68.6 Å². The lowest BCUT2D eigenvalue weighted by Crippen LogP contribution is -2.40. The largest absolute Gasteiger partial charge is 0.339 e. The molecule has 0 radical (unpaired) electrons. The summed E-state index contributed by atoms with van der Waals surface area (Å²) in [5, 5.41) is 7.47. The Labute approximate surface area is 178 Å². The molecule has 6 heteroatoms. The molecule has 6 nitrogen and oxygen atoms in total. The second kappa shape index (κ2) is 9.74. The van der Waals surface area contributed by atoms with Crippen LogP contribution < -0.4 is 5.32 Å². The van der Waals surface area contributed by atoms with Gasteiger partial charge in [0, 0.05) is 31.1 Å². The molecule has 1 aromatic heterocycles. The van der Waals surface area contributed by atoms with Gasteiger partial charge in [0.15, 0.2) is 0 Å². The minimum Gasteiger partial charge on any atom is -0.339 e. The Morgan fingerprint density at radius 1 is 1.07 bits per heavy atom. The van der Waals surface area contributed by atoms with Gasteiger partial charge in [0.2, 0.25) is 11.8 Å². The SMILES string of the molecule is O=C(CCc1ccccc1)Nc1ccnn1C1CCN(C(=O)C2=CCCCC2)CC1. The third kappa shape index (κ3) is 4.99. The van der Waals surface area contributed by atoms with E-state index < -0.39 is 0 Å². The molecule has 1 aliphatic carbocycles. The van der Waals surface area contributed by atoms with E-state index in [0.29, 0.717) is 6.42 Å². The normalized spacial score (nSPS) is 17.5. The predicted molar refractivity (Wildman–Crippen MR) is 117 cm³/mol. The standard InChI is InChI=1S/C24H30N4O2/c29-23(12-11-19-7-3-1-4-8-19)26-22-13-16-25-28(22)21-14-17-27(18-15-21)24(30)20-9-5-2-6-10-20/h1,3-4,7-9,13,16,21H,2,5-6,10-12,14-15,17-18H2,(H,26,29). The smallest absolute Gasteiger partial charge is 0.249 e. The second-order valence-electron chi connectivity index (χ2n) is 8.19. The van der Waals surface area contributed by atoms with Gasteiger partial charge in [0.05, 0.1) is 12.2 Å². The number of amides is 2. The Hall–Kier alpha value is -2.89. The number of hydrogen-bond donors (Lipinski definition) is 1. The Morgan fingerprint density at radius 2 is 1.87 bits per heavy atom. The van der Waals surface area contributed by atoms with Crippen molar-refractivity contribution in [3.63, 3.8) is 0 Å². The van der Waals surface area contributed by atoms with Crippen LogP contribution in [0.4, 0.5) is 5.82 Å². The summed E-state index contributed by atoms with van der Waals surface area (Å²) in [5.41, 5.74) is 2.15. The summed E-state index contributed by atoms with van der Waals surface area (Å²) in [6, 6.07) is 12.1. The summed E-state index contributed by atoms with van der Waals surface area (Å²) >= 11 is 0. The maximum Gasteiger partial charge on any atom is 0.249 e. The van der Waals surface area contributed by atoms with E-state index >= 15 is 0 Å². The van der Waals surface area contributed by atoms with Crippen LogP contribution in [0.5, 0.6) is 0 Å². The summed E-state index contributed by atoms with van der Waals surface area (Å²) in [4.78, 5) is 27.1. The fourth-order valence-corrected chi connectivity index (χ4v) is 4.36. The molecule has 1 aromatic carbocycles. The third-order valence-electron chi connectivity index (χ3n) is 6.08. The molecule has 2 amide bonds. The van der Waals surface area contributed by atoms with E-state index in [-0.39, 0.29) is 17.9 Å². The fraction of sp³-hybridized carbons (Fsp3) is 0.458. The number of hydrogen-bond acceptors (Lipinski definition) is 3. The van der Waals surface area contributed by atoms with E-state index in [9.17, 15) is 9.59 Å². The first-order valence-corrected chi connectivity index (χ1v) is 11.1. The Balaban J connectivity index is 1.30. The number of carbonyl (C=O) groups excluding carboxylic acids is 2. The zero-order valence-corrected chi connectivity index (χ0v) is 17.4. The average Bonchev–Trinajstić information content (AvgIpc) is 3.26. The van der Waals surface area contributed by atoms with Crippen molar-refractivity contribution in [1.29, 1.82) is 0 Å². The fourth-order valence-electron chi connectivity index (χ4n) is 4.36. The highest BCUT2D eigenvalue weighted by Gasteiger charge is 2.27. The molecule has 0 saturated carbocycles. The molecule has 2 heterocycles. The van der Waals surface area contributed by atoms with Crippen LogP contribution in [0.1, 0.15) is 56.6 Å². The molecule has 30 heavy (non-hydrogen) atoms. The summed E-state index contributed by atoms with van der Waals surface area (Å²) < 4.78 is 1.92. The highest BCUT2D eigenvalue weighted by Crippen LogP contribution is 2.27. The first-order chi connectivity index (χ1) is 14.7. The number of anilines is 1. The number of nitrogens with zero attached hydrogens (tertiary/aromatic N) is 3. The number of benzene rings is 1. The van der Waals surface area contributed by atoms with Gasteiger partial charge in [0.1, 0.15) is 5.82 Å². The van der Waals surface area contributed by atoms with Gasteiger partial charge in [-0.15, -0.1) is 0 Å².